The van der Waals surface area contributed by atoms with Gasteiger partial charge in [0.1, 0.15) is 11.0 Å². The first-order valence-electron chi connectivity index (χ1n) is 12.3. The Kier molecular flexibility index (Phi) is 10.6. The predicted octanol–water partition coefficient (Wildman–Crippen LogP) is 2.39. The molecule has 3 aromatic rings. The molecule has 0 aliphatic rings. The first kappa shape index (κ1) is 30.5. The molecule has 0 fully saturated rings. The zero-order chi connectivity index (χ0) is 29.3. The van der Waals surface area contributed by atoms with Gasteiger partial charge in [0, 0.05) is 5.38 Å². The molecule has 1 heterocycles. The molecule has 1 unspecified atom stereocenters. The average Bonchev–Trinajstić information content (AvgIpc) is 3.40. The Balaban J connectivity index is 1.92. The number of nitrogens with two attached hydrogens (primary N) is 1. The van der Waals surface area contributed by atoms with Gasteiger partial charge in [0.15, 0.2) is 0 Å². The fourth-order valence-electron chi connectivity index (χ4n) is 4.00. The number of amides is 3. The molecule has 2 aromatic carbocycles. The van der Waals surface area contributed by atoms with E-state index < -0.39 is 46.2 Å². The van der Waals surface area contributed by atoms with E-state index in [1.807, 2.05) is 23.1 Å². The minimum Gasteiger partial charge on any atom is -0.453 e. The first-order valence-corrected chi connectivity index (χ1v) is 14.6. The van der Waals surface area contributed by atoms with Crippen LogP contribution in [-0.4, -0.2) is 49.0 Å². The second-order valence-corrected chi connectivity index (χ2v) is 10.9. The van der Waals surface area contributed by atoms with Gasteiger partial charge in [-0.3, -0.25) is 18.9 Å². The quantitative estimate of drug-likeness (QED) is 0.188. The third-order valence-corrected chi connectivity index (χ3v) is 7.49. The van der Waals surface area contributed by atoms with Crippen molar-refractivity contribution in [3.63, 3.8) is 0 Å². The molecule has 14 heteroatoms. The second kappa shape index (κ2) is 13.9. The highest BCUT2D eigenvalue weighted by Crippen LogP contribution is 2.25. The summed E-state index contributed by atoms with van der Waals surface area (Å²) < 4.78 is 37.8. The lowest BCUT2D eigenvalue weighted by Crippen LogP contribution is -2.54. The fraction of sp³-hybridized carbons (Fsp3) is 0.308. The van der Waals surface area contributed by atoms with E-state index in [4.69, 9.17) is 10.3 Å². The Morgan fingerprint density at radius 1 is 1.02 bits per heavy atom. The van der Waals surface area contributed by atoms with Crippen LogP contribution in [0, 0.1) is 5.92 Å². The van der Waals surface area contributed by atoms with E-state index in [1.54, 1.807) is 36.4 Å². The number of aromatic nitrogens is 1. The van der Waals surface area contributed by atoms with Crippen molar-refractivity contribution >= 4 is 45.2 Å². The second-order valence-electron chi connectivity index (χ2n) is 8.88. The van der Waals surface area contributed by atoms with Crippen LogP contribution in [0.25, 0.3) is 0 Å². The maximum Gasteiger partial charge on any atom is 0.407 e. The average molecular weight is 590 g/mol. The van der Waals surface area contributed by atoms with Gasteiger partial charge >= 0.3 is 16.4 Å². The van der Waals surface area contributed by atoms with Gasteiger partial charge in [-0.05, 0) is 42.5 Å². The molecule has 3 amide bonds. The van der Waals surface area contributed by atoms with Crippen LogP contribution in [0.15, 0.2) is 60.0 Å². The molecule has 12 nitrogen and oxygen atoms in total. The molecule has 0 bridgehead atoms. The first-order chi connectivity index (χ1) is 19.0. The molecular weight excluding hydrogens is 558 g/mol. The summed E-state index contributed by atoms with van der Waals surface area (Å²) in [6.45, 7) is 1.96. The summed E-state index contributed by atoms with van der Waals surface area (Å²) in [5, 5.41) is 7.87. The topological polar surface area (TPSA) is 190 Å². The molecule has 6 N–H and O–H groups in total. The maximum atomic E-state index is 13.8. The van der Waals surface area contributed by atoms with Gasteiger partial charge in [0.25, 0.3) is 0 Å². The number of carbonyl (C=O) groups is 3. The molecule has 0 saturated carbocycles. The normalized spacial score (nSPS) is 13.5. The Hall–Kier alpha value is -4.01. The van der Waals surface area contributed by atoms with Gasteiger partial charge in [-0.2, -0.15) is 8.42 Å². The minimum atomic E-state index is -4.43. The largest absolute Gasteiger partial charge is 0.453 e. The summed E-state index contributed by atoms with van der Waals surface area (Å²) in [5.74, 6) is -2.51. The highest BCUT2D eigenvalue weighted by Gasteiger charge is 2.35. The van der Waals surface area contributed by atoms with Crippen LogP contribution < -0.4 is 21.1 Å². The number of hydrogen-bond acceptors (Lipinski definition) is 8. The third-order valence-electron chi connectivity index (χ3n) is 5.99. The number of alkyl carbamates (subject to hydrolysis) is 1. The smallest absolute Gasteiger partial charge is 0.407 e. The number of rotatable bonds is 13. The van der Waals surface area contributed by atoms with E-state index in [0.717, 1.165) is 23.9 Å². The van der Waals surface area contributed by atoms with Crippen molar-refractivity contribution in [2.75, 3.05) is 11.8 Å². The van der Waals surface area contributed by atoms with Gasteiger partial charge in [-0.25, -0.2) is 9.78 Å². The van der Waals surface area contributed by atoms with Crippen molar-refractivity contribution in [1.29, 1.82) is 0 Å². The number of carbonyl (C=O) groups excluding carboxylic acids is 3. The highest BCUT2D eigenvalue weighted by atomic mass is 32.2. The van der Waals surface area contributed by atoms with Crippen molar-refractivity contribution in [3.05, 3.63) is 81.8 Å². The molecular formula is C26H31N5O7S2. The predicted molar refractivity (Wildman–Crippen MR) is 150 cm³/mol. The molecule has 0 saturated heterocycles. The number of methoxy groups -OCH3 is 1. The monoisotopic (exact) mass is 589 g/mol. The number of anilines is 1. The Morgan fingerprint density at radius 2 is 1.68 bits per heavy atom. The Bertz CT molecular complexity index is 1410. The Morgan fingerprint density at radius 3 is 2.23 bits per heavy atom. The van der Waals surface area contributed by atoms with Crippen LogP contribution in [0.5, 0.6) is 0 Å². The van der Waals surface area contributed by atoms with Gasteiger partial charge in [0.2, 0.25) is 11.8 Å². The molecule has 0 radical (unpaired) electrons. The Labute approximate surface area is 236 Å². The molecule has 0 aliphatic carbocycles. The molecule has 40 heavy (non-hydrogen) atoms. The molecule has 3 rings (SSSR count). The van der Waals surface area contributed by atoms with E-state index in [9.17, 15) is 22.8 Å². The van der Waals surface area contributed by atoms with Gasteiger partial charge in [-0.1, -0.05) is 49.4 Å². The van der Waals surface area contributed by atoms with Gasteiger partial charge in [-0.15, -0.1) is 11.3 Å². The summed E-state index contributed by atoms with van der Waals surface area (Å²) >= 11 is 1.37. The number of benzene rings is 2. The molecule has 1 aromatic heterocycles. The lowest BCUT2D eigenvalue weighted by molar-refractivity contribution is -0.131. The molecule has 0 aliphatic heterocycles. The standard InChI is InChI=1S/C26H31N5O7S2/c1-3-18-15-39-25(28-18)21(14-17-9-11-19(12-10-17)31-40(35,36)37)29-24(33)20(13-16-7-5-4-6-8-16)22(23(27)32)30-26(34)38-2/h4-12,15,20-22,31H,3,13-14H2,1-2H3,(H2,27,32)(H,29,33)(H,30,34)(H,35,36,37)/t20-,21-,22?/m0/s1. The van der Waals surface area contributed by atoms with Crippen LogP contribution >= 0.6 is 11.3 Å². The summed E-state index contributed by atoms with van der Waals surface area (Å²) in [5.41, 5.74) is 8.10. The third kappa shape index (κ3) is 9.03. The molecule has 214 valence electrons. The van der Waals surface area contributed by atoms with Crippen molar-refractivity contribution in [1.82, 2.24) is 15.6 Å². The van der Waals surface area contributed by atoms with Crippen molar-refractivity contribution < 1.29 is 32.1 Å². The SMILES string of the molecule is CCc1csc([C@H](Cc2ccc(NS(=O)(=O)O)cc2)NC(=O)[C@@H](Cc2ccccc2)C(NC(=O)OC)C(N)=O)n1. The van der Waals surface area contributed by atoms with Gasteiger partial charge in [0.05, 0.1) is 30.5 Å². The lowest BCUT2D eigenvalue weighted by atomic mass is 9.90. The molecule has 3 atom stereocenters. The maximum absolute atomic E-state index is 13.8. The van der Waals surface area contributed by atoms with Crippen LogP contribution in [0.4, 0.5) is 10.5 Å². The summed E-state index contributed by atoms with van der Waals surface area (Å²) in [6, 6.07) is 13.3. The summed E-state index contributed by atoms with van der Waals surface area (Å²) in [4.78, 5) is 42.8. The van der Waals surface area contributed by atoms with E-state index in [2.05, 4.69) is 20.4 Å². The van der Waals surface area contributed by atoms with E-state index in [0.29, 0.717) is 11.4 Å². The zero-order valence-electron chi connectivity index (χ0n) is 21.9. The van der Waals surface area contributed by atoms with Crippen LogP contribution in [0.1, 0.15) is 34.8 Å². The number of hydrogen-bond donors (Lipinski definition) is 5. The lowest BCUT2D eigenvalue weighted by Gasteiger charge is -2.27. The van der Waals surface area contributed by atoms with Crippen LogP contribution in [-0.2, 0) is 43.9 Å². The van der Waals surface area contributed by atoms with Crippen LogP contribution in [0.3, 0.4) is 0 Å². The highest BCUT2D eigenvalue weighted by molar-refractivity contribution is 7.87. The number of thiazole rings is 1. The molecule has 0 spiro atoms. The minimum absolute atomic E-state index is 0.102. The van der Waals surface area contributed by atoms with Crippen molar-refractivity contribution in [2.45, 2.75) is 38.3 Å². The van der Waals surface area contributed by atoms with Gasteiger partial charge < -0.3 is 21.1 Å². The number of primary amides is 1. The number of nitrogens with zero attached hydrogens (tertiary/aromatic N) is 1. The fourth-order valence-corrected chi connectivity index (χ4v) is 5.39. The summed E-state index contributed by atoms with van der Waals surface area (Å²) in [7, 11) is -3.29. The van der Waals surface area contributed by atoms with Crippen molar-refractivity contribution in [2.24, 2.45) is 11.7 Å². The zero-order valence-corrected chi connectivity index (χ0v) is 23.5. The number of nitrogens with one attached hydrogen (secondary N) is 3. The van der Waals surface area contributed by atoms with E-state index >= 15 is 0 Å². The van der Waals surface area contributed by atoms with Crippen molar-refractivity contribution in [3.8, 4) is 0 Å². The summed E-state index contributed by atoms with van der Waals surface area (Å²) in [6.07, 6.45) is 0.164. The van der Waals surface area contributed by atoms with E-state index in [1.165, 1.54) is 23.5 Å². The number of aryl methyl sites for hydroxylation is 1. The van der Waals surface area contributed by atoms with Crippen LogP contribution in [0.2, 0.25) is 0 Å². The number of ether oxygens (including phenoxy) is 1. The van der Waals surface area contributed by atoms with E-state index in [-0.39, 0.29) is 18.5 Å².